The number of nitrogens with one attached hydrogen (secondary N) is 2. The van der Waals surface area contributed by atoms with Crippen molar-refractivity contribution in [3.63, 3.8) is 0 Å². The number of ether oxygens (including phenoxy) is 1. The van der Waals surface area contributed by atoms with Gasteiger partial charge in [0.15, 0.2) is 5.11 Å². The summed E-state index contributed by atoms with van der Waals surface area (Å²) in [4.78, 5) is 10.1. The van der Waals surface area contributed by atoms with E-state index in [4.69, 9.17) is 17.0 Å². The third-order valence-corrected chi connectivity index (χ3v) is 3.00. The van der Waals surface area contributed by atoms with Crippen LogP contribution in [0, 0.1) is 10.1 Å². The number of hydrazone groups is 1. The molecule has 2 aromatic carbocycles. The van der Waals surface area contributed by atoms with E-state index in [0.29, 0.717) is 16.4 Å². The minimum Gasteiger partial charge on any atom is -0.497 e. The highest BCUT2D eigenvalue weighted by Gasteiger charge is 2.02. The smallest absolute Gasteiger partial charge is 0.269 e. The van der Waals surface area contributed by atoms with Gasteiger partial charge in [0.05, 0.1) is 18.2 Å². The lowest BCUT2D eigenvalue weighted by Crippen LogP contribution is -2.23. The summed E-state index contributed by atoms with van der Waals surface area (Å²) in [7, 11) is 1.59. The van der Waals surface area contributed by atoms with Crippen molar-refractivity contribution < 1.29 is 9.66 Å². The number of nitro benzene ring substituents is 1. The average molecular weight is 330 g/mol. The van der Waals surface area contributed by atoms with Crippen LogP contribution in [0.4, 0.5) is 11.4 Å². The molecule has 8 heteroatoms. The first-order valence-corrected chi connectivity index (χ1v) is 6.98. The summed E-state index contributed by atoms with van der Waals surface area (Å²) >= 11 is 5.12. The van der Waals surface area contributed by atoms with Crippen LogP contribution in [0.25, 0.3) is 0 Å². The van der Waals surface area contributed by atoms with Gasteiger partial charge in [0.1, 0.15) is 5.75 Å². The van der Waals surface area contributed by atoms with Gasteiger partial charge in [-0.2, -0.15) is 5.10 Å². The Labute approximate surface area is 138 Å². The molecule has 0 radical (unpaired) electrons. The lowest BCUT2D eigenvalue weighted by Gasteiger charge is -2.08. The van der Waals surface area contributed by atoms with E-state index in [1.165, 1.54) is 18.3 Å². The van der Waals surface area contributed by atoms with Gasteiger partial charge in [0, 0.05) is 23.9 Å². The van der Waals surface area contributed by atoms with Crippen LogP contribution in [0.1, 0.15) is 5.56 Å². The maximum atomic E-state index is 10.6. The molecule has 0 bridgehead atoms. The fraction of sp³-hybridized carbons (Fsp3) is 0.0667. The molecule has 2 aromatic rings. The molecule has 0 unspecified atom stereocenters. The average Bonchev–Trinajstić information content (AvgIpc) is 2.55. The van der Waals surface area contributed by atoms with Crippen LogP contribution in [0.3, 0.4) is 0 Å². The normalized spacial score (nSPS) is 10.3. The quantitative estimate of drug-likeness (QED) is 0.379. The number of rotatable bonds is 5. The number of methoxy groups -OCH3 is 1. The van der Waals surface area contributed by atoms with Crippen molar-refractivity contribution >= 4 is 34.9 Å². The number of hydrogen-bond acceptors (Lipinski definition) is 5. The van der Waals surface area contributed by atoms with E-state index in [2.05, 4.69) is 15.8 Å². The van der Waals surface area contributed by atoms with E-state index in [0.717, 1.165) is 5.69 Å². The number of benzene rings is 2. The van der Waals surface area contributed by atoms with Gasteiger partial charge in [0.25, 0.3) is 5.69 Å². The topological polar surface area (TPSA) is 88.8 Å². The van der Waals surface area contributed by atoms with E-state index < -0.39 is 4.92 Å². The Hall–Kier alpha value is -3.00. The van der Waals surface area contributed by atoms with E-state index in [-0.39, 0.29) is 5.69 Å². The molecule has 0 atom stereocenters. The third-order valence-electron chi connectivity index (χ3n) is 2.81. The Morgan fingerprint density at radius 3 is 2.70 bits per heavy atom. The molecule has 0 spiro atoms. The maximum Gasteiger partial charge on any atom is 0.269 e. The number of thiocarbonyl (C=S) groups is 1. The summed E-state index contributed by atoms with van der Waals surface area (Å²) in [6.45, 7) is 0. The largest absolute Gasteiger partial charge is 0.497 e. The summed E-state index contributed by atoms with van der Waals surface area (Å²) < 4.78 is 5.12. The van der Waals surface area contributed by atoms with Crippen LogP contribution in [-0.2, 0) is 0 Å². The predicted molar refractivity (Wildman–Crippen MR) is 93.0 cm³/mol. The van der Waals surface area contributed by atoms with Gasteiger partial charge in [-0.1, -0.05) is 6.07 Å². The van der Waals surface area contributed by atoms with Crippen LogP contribution in [-0.4, -0.2) is 23.4 Å². The van der Waals surface area contributed by atoms with Gasteiger partial charge in [-0.05, 0) is 42.0 Å². The minimum atomic E-state index is -0.452. The fourth-order valence-electron chi connectivity index (χ4n) is 1.71. The molecule has 0 saturated heterocycles. The van der Waals surface area contributed by atoms with Gasteiger partial charge < -0.3 is 10.1 Å². The summed E-state index contributed by atoms with van der Waals surface area (Å²) in [5, 5.41) is 17.8. The maximum absolute atomic E-state index is 10.6. The Balaban J connectivity index is 1.89. The van der Waals surface area contributed by atoms with Gasteiger partial charge in [-0.25, -0.2) is 0 Å². The Morgan fingerprint density at radius 2 is 2.04 bits per heavy atom. The van der Waals surface area contributed by atoms with Gasteiger partial charge in [0.2, 0.25) is 0 Å². The van der Waals surface area contributed by atoms with E-state index in [1.54, 1.807) is 25.3 Å². The van der Waals surface area contributed by atoms with Crippen molar-refractivity contribution in [2.45, 2.75) is 0 Å². The van der Waals surface area contributed by atoms with Crippen LogP contribution in [0.5, 0.6) is 5.75 Å². The zero-order valence-electron chi connectivity index (χ0n) is 12.2. The number of nitro groups is 1. The molecule has 0 heterocycles. The second-order valence-electron chi connectivity index (χ2n) is 4.40. The van der Waals surface area contributed by atoms with E-state index in [1.807, 2.05) is 18.2 Å². The fourth-order valence-corrected chi connectivity index (χ4v) is 1.88. The second-order valence-corrected chi connectivity index (χ2v) is 4.81. The minimum absolute atomic E-state index is 0.0327. The summed E-state index contributed by atoms with van der Waals surface area (Å²) in [6, 6.07) is 13.3. The summed E-state index contributed by atoms with van der Waals surface area (Å²) in [6.07, 6.45) is 1.52. The van der Waals surface area contributed by atoms with Crippen molar-refractivity contribution in [2.24, 2.45) is 5.10 Å². The van der Waals surface area contributed by atoms with Crippen LogP contribution < -0.4 is 15.5 Å². The first-order valence-electron chi connectivity index (χ1n) is 6.57. The Morgan fingerprint density at radius 1 is 1.30 bits per heavy atom. The van der Waals surface area contributed by atoms with Crippen LogP contribution in [0.2, 0.25) is 0 Å². The molecule has 23 heavy (non-hydrogen) atoms. The molecule has 0 aliphatic carbocycles. The summed E-state index contributed by atoms with van der Waals surface area (Å²) in [5.41, 5.74) is 4.19. The van der Waals surface area contributed by atoms with Crippen LogP contribution in [0.15, 0.2) is 53.6 Å². The lowest BCUT2D eigenvalue weighted by atomic mass is 10.2. The number of anilines is 1. The van der Waals surface area contributed by atoms with Crippen molar-refractivity contribution in [3.05, 3.63) is 64.2 Å². The zero-order chi connectivity index (χ0) is 16.7. The molecule has 0 aliphatic rings. The van der Waals surface area contributed by atoms with Crippen molar-refractivity contribution in [1.82, 2.24) is 5.43 Å². The molecule has 2 N–H and O–H groups in total. The Kier molecular flexibility index (Phi) is 5.59. The molecular formula is C15H14N4O3S. The monoisotopic (exact) mass is 330 g/mol. The van der Waals surface area contributed by atoms with Crippen LogP contribution >= 0.6 is 12.2 Å². The highest BCUT2D eigenvalue weighted by Crippen LogP contribution is 2.16. The lowest BCUT2D eigenvalue weighted by molar-refractivity contribution is -0.384. The van der Waals surface area contributed by atoms with E-state index in [9.17, 15) is 10.1 Å². The van der Waals surface area contributed by atoms with Gasteiger partial charge in [-0.15, -0.1) is 0 Å². The number of hydrogen-bond donors (Lipinski definition) is 2. The van der Waals surface area contributed by atoms with Crippen molar-refractivity contribution in [2.75, 3.05) is 12.4 Å². The number of nitrogens with zero attached hydrogens (tertiary/aromatic N) is 2. The first kappa shape index (κ1) is 16.4. The molecule has 7 nitrogen and oxygen atoms in total. The molecule has 0 aromatic heterocycles. The van der Waals surface area contributed by atoms with Gasteiger partial charge in [-0.3, -0.25) is 15.5 Å². The standard InChI is InChI=1S/C15H14N4O3S/c1-22-14-4-2-3-12(9-14)17-15(23)18-16-10-11-5-7-13(8-6-11)19(20)21/h2-10H,1H3,(H2,17,18,23)/b16-10-. The Bertz CT molecular complexity index is 732. The first-order chi connectivity index (χ1) is 11.1. The van der Waals surface area contributed by atoms with E-state index >= 15 is 0 Å². The third kappa shape index (κ3) is 5.04. The molecule has 0 fully saturated rings. The highest BCUT2D eigenvalue weighted by molar-refractivity contribution is 7.80. The summed E-state index contributed by atoms with van der Waals surface area (Å²) in [5.74, 6) is 0.715. The van der Waals surface area contributed by atoms with Crippen molar-refractivity contribution in [1.29, 1.82) is 0 Å². The molecular weight excluding hydrogens is 316 g/mol. The molecule has 118 valence electrons. The van der Waals surface area contributed by atoms with Gasteiger partial charge >= 0.3 is 0 Å². The SMILES string of the molecule is COc1cccc(NC(=S)N/N=C\c2ccc([N+](=O)[O-])cc2)c1. The predicted octanol–water partition coefficient (Wildman–Crippen LogP) is 2.92. The second kappa shape index (κ2) is 7.85. The molecule has 0 aliphatic heterocycles. The molecule has 0 saturated carbocycles. The molecule has 2 rings (SSSR count). The zero-order valence-corrected chi connectivity index (χ0v) is 13.0. The number of non-ortho nitro benzene ring substituents is 1. The van der Waals surface area contributed by atoms with Crippen molar-refractivity contribution in [3.8, 4) is 5.75 Å². The highest BCUT2D eigenvalue weighted by atomic mass is 32.1. The molecule has 0 amide bonds.